The Labute approximate surface area is 81.9 Å². The lowest BCUT2D eigenvalue weighted by Crippen LogP contribution is -1.79. The van der Waals surface area contributed by atoms with Crippen molar-refractivity contribution in [2.75, 3.05) is 0 Å². The van der Waals surface area contributed by atoms with E-state index in [-0.39, 0.29) is 5.82 Å². The second-order valence-corrected chi connectivity index (χ2v) is 3.53. The van der Waals surface area contributed by atoms with E-state index in [1.165, 1.54) is 6.07 Å². The summed E-state index contributed by atoms with van der Waals surface area (Å²) in [6.07, 6.45) is 2.30. The first-order valence-corrected chi connectivity index (χ1v) is 4.43. The summed E-state index contributed by atoms with van der Waals surface area (Å²) in [6, 6.07) is 2.94. The number of rotatable bonds is 1. The Morgan fingerprint density at radius 3 is 2.92 bits per heavy atom. The summed E-state index contributed by atoms with van der Waals surface area (Å²) in [5.74, 6) is -0.341. The summed E-state index contributed by atoms with van der Waals surface area (Å²) >= 11 is 3.06. The maximum atomic E-state index is 13.0. The molecule has 1 aromatic carbocycles. The van der Waals surface area contributed by atoms with E-state index >= 15 is 0 Å². The zero-order chi connectivity index (χ0) is 9.42. The number of hydrogen-bond donors (Lipinski definition) is 1. The molecule has 0 saturated carbocycles. The van der Waals surface area contributed by atoms with Gasteiger partial charge in [0.15, 0.2) is 6.29 Å². The molecular weight excluding hydrogens is 237 g/mol. The van der Waals surface area contributed by atoms with E-state index in [9.17, 15) is 9.18 Å². The molecular formula is C9H5BrFNO. The summed E-state index contributed by atoms with van der Waals surface area (Å²) in [6.45, 7) is 0. The molecule has 0 bridgehead atoms. The van der Waals surface area contributed by atoms with Crippen LogP contribution in [0.5, 0.6) is 0 Å². The molecule has 1 N–H and O–H groups in total. The van der Waals surface area contributed by atoms with Gasteiger partial charge in [0.1, 0.15) is 5.82 Å². The Bertz CT molecular complexity index is 478. The van der Waals surface area contributed by atoms with Crippen molar-refractivity contribution in [3.05, 3.63) is 34.2 Å². The lowest BCUT2D eigenvalue weighted by molar-refractivity contribution is 0.112. The molecule has 1 heterocycles. The zero-order valence-corrected chi connectivity index (χ0v) is 8.06. The van der Waals surface area contributed by atoms with Crippen LogP contribution in [0.1, 0.15) is 10.4 Å². The third kappa shape index (κ3) is 1.27. The molecule has 0 fully saturated rings. The molecule has 0 amide bonds. The maximum absolute atomic E-state index is 13.0. The highest BCUT2D eigenvalue weighted by Crippen LogP contribution is 2.24. The Morgan fingerprint density at radius 1 is 1.46 bits per heavy atom. The highest BCUT2D eigenvalue weighted by atomic mass is 79.9. The lowest BCUT2D eigenvalue weighted by Gasteiger charge is -1.94. The van der Waals surface area contributed by atoms with Crippen molar-refractivity contribution in [3.8, 4) is 0 Å². The lowest BCUT2D eigenvalue weighted by atomic mass is 10.2. The van der Waals surface area contributed by atoms with Crippen LogP contribution in [-0.2, 0) is 0 Å². The fraction of sp³-hybridized carbons (Fsp3) is 0. The number of aromatic amines is 1. The first-order valence-electron chi connectivity index (χ1n) is 3.63. The number of carbonyl (C=O) groups excluding carboxylic acids is 1. The van der Waals surface area contributed by atoms with Crippen LogP contribution < -0.4 is 0 Å². The number of nitrogens with one attached hydrogen (secondary N) is 1. The van der Waals surface area contributed by atoms with Crippen LogP contribution in [0.15, 0.2) is 22.8 Å². The van der Waals surface area contributed by atoms with Gasteiger partial charge >= 0.3 is 0 Å². The first-order chi connectivity index (χ1) is 6.22. The van der Waals surface area contributed by atoms with Crippen molar-refractivity contribution in [1.82, 2.24) is 4.98 Å². The fourth-order valence-corrected chi connectivity index (χ4v) is 1.58. The van der Waals surface area contributed by atoms with E-state index in [2.05, 4.69) is 20.9 Å². The molecule has 0 aliphatic rings. The van der Waals surface area contributed by atoms with Gasteiger partial charge in [-0.3, -0.25) is 4.79 Å². The number of H-pyrrole nitrogens is 1. The number of hydrogen-bond acceptors (Lipinski definition) is 1. The van der Waals surface area contributed by atoms with Gasteiger partial charge < -0.3 is 4.98 Å². The summed E-state index contributed by atoms with van der Waals surface area (Å²) in [5.41, 5.74) is 1.17. The average molecular weight is 242 g/mol. The summed E-state index contributed by atoms with van der Waals surface area (Å²) in [4.78, 5) is 13.4. The van der Waals surface area contributed by atoms with Crippen LogP contribution in [-0.4, -0.2) is 11.3 Å². The largest absolute Gasteiger partial charge is 0.360 e. The second kappa shape index (κ2) is 2.96. The third-order valence-electron chi connectivity index (χ3n) is 1.88. The fourth-order valence-electron chi connectivity index (χ4n) is 1.24. The van der Waals surface area contributed by atoms with Crippen LogP contribution >= 0.6 is 15.9 Å². The van der Waals surface area contributed by atoms with E-state index in [0.29, 0.717) is 15.6 Å². The standard InChI is InChI=1S/C9H5BrFNO/c10-7-1-6-5(4-13)3-12-9(6)2-8(7)11/h1-4,12H. The normalized spacial score (nSPS) is 10.6. The molecule has 2 aromatic rings. The van der Waals surface area contributed by atoms with Crippen molar-refractivity contribution in [2.24, 2.45) is 0 Å². The van der Waals surface area contributed by atoms with Gasteiger partial charge in [-0.15, -0.1) is 0 Å². The monoisotopic (exact) mass is 241 g/mol. The minimum absolute atomic E-state index is 0.341. The topological polar surface area (TPSA) is 32.9 Å². The molecule has 4 heteroatoms. The molecule has 0 aliphatic carbocycles. The number of aromatic nitrogens is 1. The number of carbonyl (C=O) groups is 1. The van der Waals surface area contributed by atoms with Crippen LogP contribution in [0.3, 0.4) is 0 Å². The molecule has 0 unspecified atom stereocenters. The SMILES string of the molecule is O=Cc1c[nH]c2cc(F)c(Br)cc12. The summed E-state index contributed by atoms with van der Waals surface area (Å²) < 4.78 is 13.4. The van der Waals surface area contributed by atoms with E-state index in [1.807, 2.05) is 0 Å². The second-order valence-electron chi connectivity index (χ2n) is 2.67. The minimum atomic E-state index is -0.341. The predicted molar refractivity (Wildman–Crippen MR) is 51.3 cm³/mol. The molecule has 0 radical (unpaired) electrons. The number of halogens is 2. The van der Waals surface area contributed by atoms with Crippen LogP contribution in [0.2, 0.25) is 0 Å². The van der Waals surface area contributed by atoms with E-state index in [1.54, 1.807) is 12.3 Å². The maximum Gasteiger partial charge on any atom is 0.152 e. The first kappa shape index (κ1) is 8.44. The van der Waals surface area contributed by atoms with Crippen LogP contribution in [0, 0.1) is 5.82 Å². The molecule has 0 aliphatic heterocycles. The highest BCUT2D eigenvalue weighted by molar-refractivity contribution is 9.10. The van der Waals surface area contributed by atoms with Crippen molar-refractivity contribution in [1.29, 1.82) is 0 Å². The van der Waals surface area contributed by atoms with Gasteiger partial charge in [-0.2, -0.15) is 0 Å². The van der Waals surface area contributed by atoms with Gasteiger partial charge in [-0.05, 0) is 28.1 Å². The molecule has 2 nitrogen and oxygen atoms in total. The van der Waals surface area contributed by atoms with Crippen LogP contribution in [0.25, 0.3) is 10.9 Å². The van der Waals surface area contributed by atoms with Crippen molar-refractivity contribution in [2.45, 2.75) is 0 Å². The molecule has 0 saturated heterocycles. The van der Waals surface area contributed by atoms with Gasteiger partial charge in [-0.25, -0.2) is 4.39 Å². The van der Waals surface area contributed by atoms with E-state index in [0.717, 1.165) is 11.7 Å². The molecule has 2 rings (SSSR count). The Kier molecular flexibility index (Phi) is 1.92. The molecule has 13 heavy (non-hydrogen) atoms. The summed E-state index contributed by atoms with van der Waals surface area (Å²) in [7, 11) is 0. The van der Waals surface area contributed by atoms with Crippen LogP contribution in [0.4, 0.5) is 4.39 Å². The zero-order valence-electron chi connectivity index (χ0n) is 6.47. The number of fused-ring (bicyclic) bond motifs is 1. The smallest absolute Gasteiger partial charge is 0.152 e. The molecule has 66 valence electrons. The summed E-state index contributed by atoms with van der Waals surface area (Å²) in [5, 5.41) is 0.725. The van der Waals surface area contributed by atoms with E-state index < -0.39 is 0 Å². The molecule has 1 aromatic heterocycles. The van der Waals surface area contributed by atoms with Gasteiger partial charge in [0.25, 0.3) is 0 Å². The third-order valence-corrected chi connectivity index (χ3v) is 2.49. The van der Waals surface area contributed by atoms with Gasteiger partial charge in [0, 0.05) is 22.7 Å². The van der Waals surface area contributed by atoms with Crippen molar-refractivity contribution < 1.29 is 9.18 Å². The Morgan fingerprint density at radius 2 is 2.23 bits per heavy atom. The molecule has 0 spiro atoms. The van der Waals surface area contributed by atoms with Gasteiger partial charge in [-0.1, -0.05) is 0 Å². The minimum Gasteiger partial charge on any atom is -0.360 e. The predicted octanol–water partition coefficient (Wildman–Crippen LogP) is 2.88. The van der Waals surface area contributed by atoms with E-state index in [4.69, 9.17) is 0 Å². The van der Waals surface area contributed by atoms with Gasteiger partial charge in [0.2, 0.25) is 0 Å². The number of aldehydes is 1. The quantitative estimate of drug-likeness (QED) is 0.766. The van der Waals surface area contributed by atoms with Crippen molar-refractivity contribution >= 4 is 33.1 Å². The number of benzene rings is 1. The Balaban J connectivity index is 2.84. The molecule has 0 atom stereocenters. The van der Waals surface area contributed by atoms with Gasteiger partial charge in [0.05, 0.1) is 4.47 Å². The Hall–Kier alpha value is -1.16. The van der Waals surface area contributed by atoms with Crippen molar-refractivity contribution in [3.63, 3.8) is 0 Å². The average Bonchev–Trinajstić information content (AvgIpc) is 2.48. The highest BCUT2D eigenvalue weighted by Gasteiger charge is 2.06.